The van der Waals surface area contributed by atoms with E-state index in [4.69, 9.17) is 4.74 Å². The van der Waals surface area contributed by atoms with Crippen LogP contribution in [0.2, 0.25) is 0 Å². The van der Waals surface area contributed by atoms with Gasteiger partial charge < -0.3 is 15.2 Å². The van der Waals surface area contributed by atoms with Crippen molar-refractivity contribution in [3.8, 4) is 5.88 Å². The standard InChI is InChI=1S/C13H17N3O3S/c1-16-8-9(13(15-16)19-2)12(18)14-6-5-10(17)11-4-3-7-20-11/h3-4,7-8,10,17H,5-6H2,1-2H3,(H,14,18)/t10-/m0/s1. The summed E-state index contributed by atoms with van der Waals surface area (Å²) in [5.74, 6) is 0.0390. The van der Waals surface area contributed by atoms with Crippen LogP contribution in [0.1, 0.15) is 27.8 Å². The number of aromatic nitrogens is 2. The lowest BCUT2D eigenvalue weighted by Gasteiger charge is -2.09. The van der Waals surface area contributed by atoms with E-state index in [1.165, 1.54) is 23.1 Å². The van der Waals surface area contributed by atoms with Gasteiger partial charge in [-0.3, -0.25) is 9.48 Å². The predicted molar refractivity (Wildman–Crippen MR) is 76.0 cm³/mol. The average Bonchev–Trinajstić information content (AvgIpc) is 3.07. The molecule has 0 saturated heterocycles. The maximum atomic E-state index is 12.0. The fourth-order valence-corrected chi connectivity index (χ4v) is 2.56. The number of ether oxygens (including phenoxy) is 1. The number of carbonyl (C=O) groups excluding carboxylic acids is 1. The molecule has 0 fully saturated rings. The summed E-state index contributed by atoms with van der Waals surface area (Å²) < 4.78 is 6.56. The molecule has 0 aliphatic heterocycles. The summed E-state index contributed by atoms with van der Waals surface area (Å²) in [7, 11) is 3.19. The number of nitrogens with zero attached hydrogens (tertiary/aromatic N) is 2. The summed E-state index contributed by atoms with van der Waals surface area (Å²) in [6, 6.07) is 3.77. The van der Waals surface area contributed by atoms with Crippen LogP contribution in [-0.4, -0.2) is 34.4 Å². The van der Waals surface area contributed by atoms with Crippen molar-refractivity contribution < 1.29 is 14.6 Å². The summed E-state index contributed by atoms with van der Waals surface area (Å²) in [6.07, 6.45) is 1.52. The van der Waals surface area contributed by atoms with Crippen LogP contribution in [-0.2, 0) is 7.05 Å². The number of nitrogens with one attached hydrogen (secondary N) is 1. The largest absolute Gasteiger partial charge is 0.479 e. The van der Waals surface area contributed by atoms with Crippen molar-refractivity contribution in [2.75, 3.05) is 13.7 Å². The van der Waals surface area contributed by atoms with Gasteiger partial charge in [0.25, 0.3) is 5.91 Å². The van der Waals surface area contributed by atoms with E-state index in [2.05, 4.69) is 10.4 Å². The molecule has 0 aliphatic rings. The first-order valence-electron chi connectivity index (χ1n) is 6.19. The molecule has 7 heteroatoms. The SMILES string of the molecule is COc1nn(C)cc1C(=O)NCC[C@H](O)c1cccs1. The van der Waals surface area contributed by atoms with Crippen molar-refractivity contribution in [3.63, 3.8) is 0 Å². The normalized spacial score (nSPS) is 12.2. The number of hydrogen-bond acceptors (Lipinski definition) is 5. The fraction of sp³-hybridized carbons (Fsp3) is 0.385. The first-order chi connectivity index (χ1) is 9.61. The fourth-order valence-electron chi connectivity index (χ4n) is 1.82. The lowest BCUT2D eigenvalue weighted by molar-refractivity contribution is 0.0940. The number of rotatable bonds is 6. The minimum absolute atomic E-state index is 0.256. The third kappa shape index (κ3) is 3.37. The molecule has 2 aromatic heterocycles. The highest BCUT2D eigenvalue weighted by molar-refractivity contribution is 7.10. The molecule has 2 aromatic rings. The number of thiophene rings is 1. The molecule has 0 saturated carbocycles. The van der Waals surface area contributed by atoms with Crippen molar-refractivity contribution >= 4 is 17.2 Å². The maximum Gasteiger partial charge on any atom is 0.258 e. The number of aliphatic hydroxyl groups is 1. The zero-order valence-electron chi connectivity index (χ0n) is 11.4. The van der Waals surface area contributed by atoms with Crippen molar-refractivity contribution in [2.45, 2.75) is 12.5 Å². The molecular formula is C13H17N3O3S. The van der Waals surface area contributed by atoms with Gasteiger partial charge in [-0.1, -0.05) is 6.07 Å². The first kappa shape index (κ1) is 14.5. The lowest BCUT2D eigenvalue weighted by Crippen LogP contribution is -2.25. The second-order valence-electron chi connectivity index (χ2n) is 4.30. The number of methoxy groups -OCH3 is 1. The Balaban J connectivity index is 1.86. The summed E-state index contributed by atoms with van der Waals surface area (Å²) in [5.41, 5.74) is 0.389. The van der Waals surface area contributed by atoms with E-state index in [1.807, 2.05) is 17.5 Å². The Kier molecular flexibility index (Phi) is 4.75. The minimum Gasteiger partial charge on any atom is -0.479 e. The predicted octanol–water partition coefficient (Wildman–Crippen LogP) is 1.34. The van der Waals surface area contributed by atoms with E-state index in [-0.39, 0.29) is 5.91 Å². The molecule has 1 atom stereocenters. The highest BCUT2D eigenvalue weighted by Crippen LogP contribution is 2.21. The zero-order valence-corrected chi connectivity index (χ0v) is 12.2. The van der Waals surface area contributed by atoms with Gasteiger partial charge in [-0.15, -0.1) is 16.4 Å². The molecule has 0 spiro atoms. The highest BCUT2D eigenvalue weighted by atomic mass is 32.1. The molecule has 20 heavy (non-hydrogen) atoms. The number of amides is 1. The van der Waals surface area contributed by atoms with Crippen molar-refractivity contribution in [1.82, 2.24) is 15.1 Å². The van der Waals surface area contributed by atoms with Crippen molar-refractivity contribution in [1.29, 1.82) is 0 Å². The third-order valence-corrected chi connectivity index (χ3v) is 3.78. The van der Waals surface area contributed by atoms with Gasteiger partial charge in [0.15, 0.2) is 0 Å². The number of aliphatic hydroxyl groups excluding tert-OH is 1. The summed E-state index contributed by atoms with van der Waals surface area (Å²) in [4.78, 5) is 12.9. The Morgan fingerprint density at radius 2 is 2.45 bits per heavy atom. The number of aryl methyl sites for hydroxylation is 1. The van der Waals surface area contributed by atoms with Crippen LogP contribution in [0, 0.1) is 0 Å². The molecule has 108 valence electrons. The average molecular weight is 295 g/mol. The first-order valence-corrected chi connectivity index (χ1v) is 7.07. The smallest absolute Gasteiger partial charge is 0.258 e. The molecular weight excluding hydrogens is 278 g/mol. The van der Waals surface area contributed by atoms with Gasteiger partial charge in [0.2, 0.25) is 5.88 Å². The minimum atomic E-state index is -0.550. The van der Waals surface area contributed by atoms with Gasteiger partial charge >= 0.3 is 0 Å². The van der Waals surface area contributed by atoms with Gasteiger partial charge in [0, 0.05) is 24.7 Å². The third-order valence-electron chi connectivity index (χ3n) is 2.81. The monoisotopic (exact) mass is 295 g/mol. The second-order valence-corrected chi connectivity index (χ2v) is 5.28. The van der Waals surface area contributed by atoms with Crippen LogP contribution in [0.5, 0.6) is 5.88 Å². The summed E-state index contributed by atoms with van der Waals surface area (Å²) in [5, 5.41) is 18.6. The lowest BCUT2D eigenvalue weighted by atomic mass is 10.2. The molecule has 2 rings (SSSR count). The second kappa shape index (κ2) is 6.53. The summed E-state index contributed by atoms with van der Waals surface area (Å²) in [6.45, 7) is 0.385. The Morgan fingerprint density at radius 3 is 3.10 bits per heavy atom. The Labute approximate surface area is 121 Å². The van der Waals surface area contributed by atoms with Crippen LogP contribution in [0.15, 0.2) is 23.7 Å². The molecule has 0 aliphatic carbocycles. The Hall–Kier alpha value is -1.86. The molecule has 6 nitrogen and oxygen atoms in total. The Bertz CT molecular complexity index is 565. The molecule has 0 aromatic carbocycles. The molecule has 1 amide bonds. The zero-order chi connectivity index (χ0) is 14.5. The van der Waals surface area contributed by atoms with Crippen LogP contribution >= 0.6 is 11.3 Å². The highest BCUT2D eigenvalue weighted by Gasteiger charge is 2.16. The van der Waals surface area contributed by atoms with E-state index < -0.39 is 6.10 Å². The van der Waals surface area contributed by atoms with Gasteiger partial charge in [0.1, 0.15) is 5.56 Å². The van der Waals surface area contributed by atoms with Crippen LogP contribution < -0.4 is 10.1 Å². The van der Waals surface area contributed by atoms with E-state index in [1.54, 1.807) is 13.2 Å². The molecule has 2 N–H and O–H groups in total. The maximum absolute atomic E-state index is 12.0. The molecule has 2 heterocycles. The Morgan fingerprint density at radius 1 is 1.65 bits per heavy atom. The van der Waals surface area contributed by atoms with E-state index in [0.717, 1.165) is 4.88 Å². The van der Waals surface area contributed by atoms with Crippen LogP contribution in [0.3, 0.4) is 0 Å². The molecule has 0 unspecified atom stereocenters. The quantitative estimate of drug-likeness (QED) is 0.843. The van der Waals surface area contributed by atoms with Gasteiger partial charge in [-0.2, -0.15) is 0 Å². The number of hydrogen-bond donors (Lipinski definition) is 2. The van der Waals surface area contributed by atoms with Gasteiger partial charge in [-0.25, -0.2) is 0 Å². The van der Waals surface area contributed by atoms with Crippen LogP contribution in [0.4, 0.5) is 0 Å². The topological polar surface area (TPSA) is 76.4 Å². The molecule has 0 bridgehead atoms. The van der Waals surface area contributed by atoms with Gasteiger partial charge in [-0.05, 0) is 17.9 Å². The summed E-state index contributed by atoms with van der Waals surface area (Å²) >= 11 is 1.50. The van der Waals surface area contributed by atoms with Crippen LogP contribution in [0.25, 0.3) is 0 Å². The number of carbonyl (C=O) groups is 1. The van der Waals surface area contributed by atoms with Crippen molar-refractivity contribution in [2.24, 2.45) is 7.05 Å². The van der Waals surface area contributed by atoms with Gasteiger partial charge in [0.05, 0.1) is 13.2 Å². The van der Waals surface area contributed by atoms with E-state index >= 15 is 0 Å². The molecule has 0 radical (unpaired) electrons. The van der Waals surface area contributed by atoms with E-state index in [9.17, 15) is 9.90 Å². The van der Waals surface area contributed by atoms with Crippen molar-refractivity contribution in [3.05, 3.63) is 34.2 Å². The van der Waals surface area contributed by atoms with E-state index in [0.29, 0.717) is 24.4 Å².